The molecule has 0 fully saturated rings. The van der Waals surface area contributed by atoms with Gasteiger partial charge in [0.05, 0.1) is 6.10 Å². The molecular formula is C8H12BrNOS. The normalized spacial score (nSPS) is 13.2. The molecule has 0 bridgehead atoms. The number of hydrogen-bond donors (Lipinski definition) is 2. The molecule has 2 nitrogen and oxygen atoms in total. The van der Waals surface area contributed by atoms with Gasteiger partial charge in [-0.15, -0.1) is 11.3 Å². The summed E-state index contributed by atoms with van der Waals surface area (Å²) in [6.45, 7) is 0.643. The van der Waals surface area contributed by atoms with Crippen LogP contribution in [0.3, 0.4) is 0 Å². The molecule has 2 N–H and O–H groups in total. The highest BCUT2D eigenvalue weighted by Crippen LogP contribution is 2.23. The fourth-order valence-corrected chi connectivity index (χ4v) is 2.58. The van der Waals surface area contributed by atoms with E-state index in [-0.39, 0.29) is 6.10 Å². The van der Waals surface area contributed by atoms with E-state index >= 15 is 0 Å². The van der Waals surface area contributed by atoms with Gasteiger partial charge in [-0.3, -0.25) is 0 Å². The first-order valence-corrected chi connectivity index (χ1v) is 5.46. The van der Waals surface area contributed by atoms with Crippen LogP contribution in [0.25, 0.3) is 0 Å². The van der Waals surface area contributed by atoms with E-state index in [1.54, 1.807) is 11.3 Å². The molecule has 1 aromatic rings. The molecule has 1 heterocycles. The highest BCUT2D eigenvalue weighted by Gasteiger charge is 2.07. The number of aliphatic hydroxyl groups excluding tert-OH is 1. The van der Waals surface area contributed by atoms with E-state index in [0.29, 0.717) is 6.54 Å². The lowest BCUT2D eigenvalue weighted by Crippen LogP contribution is -2.25. The molecule has 0 spiro atoms. The first-order chi connectivity index (χ1) is 5.74. The number of aliphatic hydroxyl groups is 1. The summed E-state index contributed by atoms with van der Waals surface area (Å²) in [6, 6.07) is 2.01. The van der Waals surface area contributed by atoms with E-state index in [0.717, 1.165) is 10.9 Å². The third-order valence-electron chi connectivity index (χ3n) is 1.55. The molecule has 1 atom stereocenters. The maximum Gasteiger partial charge on any atom is 0.0713 e. The molecule has 4 heteroatoms. The first kappa shape index (κ1) is 10.2. The average Bonchev–Trinajstić information content (AvgIpc) is 2.37. The van der Waals surface area contributed by atoms with Crippen molar-refractivity contribution in [2.75, 3.05) is 13.6 Å². The van der Waals surface area contributed by atoms with Gasteiger partial charge in [0.15, 0.2) is 0 Å². The third-order valence-corrected chi connectivity index (χ3v) is 3.50. The lowest BCUT2D eigenvalue weighted by molar-refractivity contribution is 0.175. The van der Waals surface area contributed by atoms with Gasteiger partial charge in [-0.1, -0.05) is 0 Å². The number of nitrogens with one attached hydrogen (secondary N) is 1. The van der Waals surface area contributed by atoms with Crippen LogP contribution in [-0.2, 0) is 6.42 Å². The van der Waals surface area contributed by atoms with Gasteiger partial charge < -0.3 is 10.4 Å². The number of rotatable bonds is 4. The highest BCUT2D eigenvalue weighted by molar-refractivity contribution is 9.10. The van der Waals surface area contributed by atoms with Crippen molar-refractivity contribution in [3.8, 4) is 0 Å². The van der Waals surface area contributed by atoms with Gasteiger partial charge in [0.25, 0.3) is 0 Å². The van der Waals surface area contributed by atoms with Gasteiger partial charge >= 0.3 is 0 Å². The van der Waals surface area contributed by atoms with Crippen molar-refractivity contribution >= 4 is 27.3 Å². The minimum absolute atomic E-state index is 0.287. The molecule has 0 saturated heterocycles. The second-order valence-electron chi connectivity index (χ2n) is 2.61. The molecule has 0 radical (unpaired) electrons. The molecule has 12 heavy (non-hydrogen) atoms. The Balaban J connectivity index is 2.46. The summed E-state index contributed by atoms with van der Waals surface area (Å²) in [5.41, 5.74) is 0. The number of thiophene rings is 1. The van der Waals surface area contributed by atoms with Crippen LogP contribution in [0.2, 0.25) is 0 Å². The van der Waals surface area contributed by atoms with Crippen molar-refractivity contribution in [1.82, 2.24) is 5.32 Å². The number of likely N-dealkylation sites (N-methyl/N-ethyl adjacent to an activating group) is 1. The van der Waals surface area contributed by atoms with Gasteiger partial charge in [0.1, 0.15) is 0 Å². The van der Waals surface area contributed by atoms with Crippen LogP contribution < -0.4 is 5.32 Å². The fraction of sp³-hybridized carbons (Fsp3) is 0.500. The molecule has 0 aromatic carbocycles. The first-order valence-electron chi connectivity index (χ1n) is 3.78. The van der Waals surface area contributed by atoms with Gasteiger partial charge in [-0.25, -0.2) is 0 Å². The van der Waals surface area contributed by atoms with Gasteiger partial charge in [0, 0.05) is 22.3 Å². The lowest BCUT2D eigenvalue weighted by Gasteiger charge is -2.07. The molecule has 1 rings (SSSR count). The van der Waals surface area contributed by atoms with Crippen LogP contribution in [0.4, 0.5) is 0 Å². The van der Waals surface area contributed by atoms with E-state index in [9.17, 15) is 5.11 Å². The Labute approximate surface area is 84.7 Å². The maximum atomic E-state index is 9.47. The molecule has 1 unspecified atom stereocenters. The zero-order valence-electron chi connectivity index (χ0n) is 6.88. The summed E-state index contributed by atoms with van der Waals surface area (Å²) in [4.78, 5) is 1.21. The summed E-state index contributed by atoms with van der Waals surface area (Å²) in [5, 5.41) is 14.4. The summed E-state index contributed by atoms with van der Waals surface area (Å²) in [7, 11) is 1.84. The molecule has 0 aliphatic rings. The van der Waals surface area contributed by atoms with Crippen LogP contribution in [-0.4, -0.2) is 24.8 Å². The minimum atomic E-state index is -0.287. The van der Waals surface area contributed by atoms with E-state index in [1.165, 1.54) is 4.88 Å². The van der Waals surface area contributed by atoms with Crippen LogP contribution in [0.15, 0.2) is 15.9 Å². The number of hydrogen-bond acceptors (Lipinski definition) is 3. The van der Waals surface area contributed by atoms with Gasteiger partial charge in [-0.2, -0.15) is 0 Å². The Morgan fingerprint density at radius 2 is 2.50 bits per heavy atom. The zero-order chi connectivity index (χ0) is 8.97. The minimum Gasteiger partial charge on any atom is -0.391 e. The van der Waals surface area contributed by atoms with Gasteiger partial charge in [0.2, 0.25) is 0 Å². The van der Waals surface area contributed by atoms with E-state index in [2.05, 4.69) is 21.2 Å². The van der Waals surface area contributed by atoms with Crippen molar-refractivity contribution < 1.29 is 5.11 Å². The predicted octanol–water partition coefficient (Wildman–Crippen LogP) is 1.63. The predicted molar refractivity (Wildman–Crippen MR) is 55.7 cm³/mol. The maximum absolute atomic E-state index is 9.47. The van der Waals surface area contributed by atoms with Gasteiger partial charge in [-0.05, 0) is 34.4 Å². The summed E-state index contributed by atoms with van der Waals surface area (Å²) < 4.78 is 1.10. The number of halogens is 1. The third kappa shape index (κ3) is 2.86. The topological polar surface area (TPSA) is 32.3 Å². The zero-order valence-corrected chi connectivity index (χ0v) is 9.28. The van der Waals surface area contributed by atoms with Crippen molar-refractivity contribution in [2.45, 2.75) is 12.5 Å². The monoisotopic (exact) mass is 249 g/mol. The Hall–Kier alpha value is 0.100. The molecule has 0 saturated carbocycles. The second kappa shape index (κ2) is 4.97. The summed E-state index contributed by atoms with van der Waals surface area (Å²) in [6.07, 6.45) is 0.434. The van der Waals surface area contributed by atoms with Crippen molar-refractivity contribution in [3.05, 3.63) is 20.8 Å². The van der Waals surface area contributed by atoms with Crippen molar-refractivity contribution in [2.24, 2.45) is 0 Å². The Morgan fingerprint density at radius 1 is 1.75 bits per heavy atom. The largest absolute Gasteiger partial charge is 0.391 e. The van der Waals surface area contributed by atoms with Crippen LogP contribution >= 0.6 is 27.3 Å². The van der Waals surface area contributed by atoms with Crippen LogP contribution in [0, 0.1) is 0 Å². The summed E-state index contributed by atoms with van der Waals surface area (Å²) >= 11 is 5.09. The van der Waals surface area contributed by atoms with Crippen LogP contribution in [0.1, 0.15) is 4.88 Å². The molecule has 68 valence electrons. The Kier molecular flexibility index (Phi) is 4.21. The van der Waals surface area contributed by atoms with Crippen molar-refractivity contribution in [1.29, 1.82) is 0 Å². The molecule has 0 amide bonds. The van der Waals surface area contributed by atoms with E-state index < -0.39 is 0 Å². The summed E-state index contributed by atoms with van der Waals surface area (Å²) in [5.74, 6) is 0. The Morgan fingerprint density at radius 3 is 3.00 bits per heavy atom. The smallest absolute Gasteiger partial charge is 0.0713 e. The quantitative estimate of drug-likeness (QED) is 0.851. The lowest BCUT2D eigenvalue weighted by atomic mass is 10.2. The molecule has 0 aliphatic carbocycles. The van der Waals surface area contributed by atoms with Crippen molar-refractivity contribution in [3.63, 3.8) is 0 Å². The highest BCUT2D eigenvalue weighted by atomic mass is 79.9. The molecule has 1 aromatic heterocycles. The fourth-order valence-electron chi connectivity index (χ4n) is 0.993. The molecular weight excluding hydrogens is 238 g/mol. The SMILES string of the molecule is CNCC(O)Cc1sccc1Br. The standard InChI is InChI=1S/C8H12BrNOS/c1-10-5-6(11)4-8-7(9)2-3-12-8/h2-3,6,10-11H,4-5H2,1H3. The van der Waals surface area contributed by atoms with E-state index in [1.807, 2.05) is 18.5 Å². The van der Waals surface area contributed by atoms with E-state index in [4.69, 9.17) is 0 Å². The second-order valence-corrected chi connectivity index (χ2v) is 4.46. The molecule has 0 aliphatic heterocycles. The Bertz CT molecular complexity index is 239. The van der Waals surface area contributed by atoms with Crippen LogP contribution in [0.5, 0.6) is 0 Å². The average molecular weight is 250 g/mol.